The van der Waals surface area contributed by atoms with Crippen LogP contribution < -0.4 is 11.5 Å². The number of nitrogens with zero attached hydrogens (tertiary/aromatic N) is 4. The van der Waals surface area contributed by atoms with Gasteiger partial charge in [0.2, 0.25) is 0 Å². The summed E-state index contributed by atoms with van der Waals surface area (Å²) >= 11 is 3.03. The van der Waals surface area contributed by atoms with Gasteiger partial charge in [-0.3, -0.25) is 4.79 Å². The number of anilines is 2. The lowest BCUT2D eigenvalue weighted by Gasteiger charge is -2.43. The molecule has 4 N–H and O–H groups in total. The Morgan fingerprint density at radius 2 is 2.03 bits per heavy atom. The summed E-state index contributed by atoms with van der Waals surface area (Å²) in [4.78, 5) is 29.6. The summed E-state index contributed by atoms with van der Waals surface area (Å²) < 4.78 is 6.32. The van der Waals surface area contributed by atoms with E-state index in [1.807, 2.05) is 4.90 Å². The van der Waals surface area contributed by atoms with E-state index in [-0.39, 0.29) is 11.5 Å². The second-order valence-electron chi connectivity index (χ2n) is 7.23. The Hall–Kier alpha value is -2.56. The number of nitrogen functional groups attached to an aromatic ring is 2. The standard InChI is InChI=1S/C19H20N6O2S2/c20-16-9-22-12(8-23-16)15-7-11-14(29-15)1-6-27-19(11)2-4-25(5-3-19)17(26)13-10-28-18(21)24-13/h7-10H,1-6H2,(H2,20,23)(H2,21,24). The predicted molar refractivity (Wildman–Crippen MR) is 113 cm³/mol. The van der Waals surface area contributed by atoms with Crippen molar-refractivity contribution in [2.75, 3.05) is 31.2 Å². The average Bonchev–Trinajstić information content (AvgIpc) is 3.36. The van der Waals surface area contributed by atoms with Gasteiger partial charge >= 0.3 is 0 Å². The average molecular weight is 429 g/mol. The summed E-state index contributed by atoms with van der Waals surface area (Å²) in [5, 5.41) is 2.13. The van der Waals surface area contributed by atoms with Crippen molar-refractivity contribution < 1.29 is 9.53 Å². The number of hydrogen-bond donors (Lipinski definition) is 2. The van der Waals surface area contributed by atoms with Crippen molar-refractivity contribution in [2.24, 2.45) is 0 Å². The van der Waals surface area contributed by atoms with Gasteiger partial charge in [-0.15, -0.1) is 22.7 Å². The lowest BCUT2D eigenvalue weighted by molar-refractivity contribution is -0.0926. The van der Waals surface area contributed by atoms with Crippen LogP contribution in [0.5, 0.6) is 0 Å². The number of thiazole rings is 1. The van der Waals surface area contributed by atoms with Crippen LogP contribution in [0.4, 0.5) is 10.9 Å². The molecule has 0 atom stereocenters. The first-order valence-electron chi connectivity index (χ1n) is 9.39. The number of ether oxygens (including phenoxy) is 1. The number of thiophene rings is 1. The van der Waals surface area contributed by atoms with E-state index in [4.69, 9.17) is 16.2 Å². The summed E-state index contributed by atoms with van der Waals surface area (Å²) in [5.41, 5.74) is 13.5. The van der Waals surface area contributed by atoms with E-state index in [0.29, 0.717) is 36.3 Å². The number of likely N-dealkylation sites (tertiary alicyclic amines) is 1. The summed E-state index contributed by atoms with van der Waals surface area (Å²) in [6.45, 7) is 1.95. The van der Waals surface area contributed by atoms with Crippen LogP contribution in [-0.2, 0) is 16.8 Å². The Balaban J connectivity index is 1.38. The van der Waals surface area contributed by atoms with Gasteiger partial charge in [-0.05, 0) is 24.5 Å². The molecule has 1 spiro atoms. The molecule has 2 aliphatic rings. The monoisotopic (exact) mass is 428 g/mol. The quantitative estimate of drug-likeness (QED) is 0.643. The molecule has 8 nitrogen and oxygen atoms in total. The molecule has 10 heteroatoms. The number of carbonyl (C=O) groups excluding carboxylic acids is 1. The summed E-state index contributed by atoms with van der Waals surface area (Å²) in [6.07, 6.45) is 5.70. The molecule has 1 fully saturated rings. The number of hydrogen-bond acceptors (Lipinski definition) is 9. The van der Waals surface area contributed by atoms with Gasteiger partial charge in [0.05, 0.1) is 35.2 Å². The molecule has 150 valence electrons. The van der Waals surface area contributed by atoms with Crippen molar-refractivity contribution in [3.05, 3.63) is 40.0 Å². The molecule has 0 aliphatic carbocycles. The molecule has 3 aromatic rings. The Bertz CT molecular complexity index is 1050. The normalized spacial score (nSPS) is 18.0. The molecule has 1 saturated heterocycles. The zero-order chi connectivity index (χ0) is 20.0. The molecule has 0 unspecified atom stereocenters. The SMILES string of the molecule is Nc1cnc(-c2cc3c(s2)CCOC32CCN(C(=O)c3csc(N)n3)CC2)cn1. The minimum Gasteiger partial charge on any atom is -0.382 e. The minimum absolute atomic E-state index is 0.0630. The Morgan fingerprint density at radius 1 is 1.21 bits per heavy atom. The maximum atomic E-state index is 12.7. The fourth-order valence-electron chi connectivity index (χ4n) is 4.04. The van der Waals surface area contributed by atoms with E-state index in [9.17, 15) is 4.79 Å². The van der Waals surface area contributed by atoms with Crippen LogP contribution in [0.2, 0.25) is 0 Å². The molecule has 1 amide bonds. The van der Waals surface area contributed by atoms with E-state index in [2.05, 4.69) is 21.0 Å². The van der Waals surface area contributed by atoms with Gasteiger partial charge in [0.1, 0.15) is 11.5 Å². The van der Waals surface area contributed by atoms with Crippen LogP contribution in [0.15, 0.2) is 23.8 Å². The third kappa shape index (κ3) is 3.26. The number of rotatable bonds is 2. The van der Waals surface area contributed by atoms with E-state index < -0.39 is 0 Å². The summed E-state index contributed by atoms with van der Waals surface area (Å²) in [5.74, 6) is 0.348. The third-order valence-electron chi connectivity index (χ3n) is 5.53. The van der Waals surface area contributed by atoms with Gasteiger partial charge in [-0.1, -0.05) is 0 Å². The van der Waals surface area contributed by atoms with Crippen molar-refractivity contribution in [3.63, 3.8) is 0 Å². The lowest BCUT2D eigenvalue weighted by atomic mass is 9.82. The van der Waals surface area contributed by atoms with Crippen LogP contribution in [0, 0.1) is 0 Å². The molecule has 0 saturated carbocycles. The van der Waals surface area contributed by atoms with Crippen LogP contribution in [0.1, 0.15) is 33.8 Å². The Labute approximate surface area is 175 Å². The largest absolute Gasteiger partial charge is 0.382 e. The van der Waals surface area contributed by atoms with Gasteiger partial charge in [0.15, 0.2) is 5.13 Å². The van der Waals surface area contributed by atoms with Gasteiger partial charge in [-0.25, -0.2) is 15.0 Å². The lowest BCUT2D eigenvalue weighted by Crippen LogP contribution is -2.48. The van der Waals surface area contributed by atoms with Crippen molar-refractivity contribution in [2.45, 2.75) is 24.9 Å². The zero-order valence-corrected chi connectivity index (χ0v) is 17.3. The minimum atomic E-state index is -0.346. The first kappa shape index (κ1) is 18.5. The molecule has 5 rings (SSSR count). The molecule has 0 radical (unpaired) electrons. The number of fused-ring (bicyclic) bond motifs is 2. The fourth-order valence-corrected chi connectivity index (χ4v) is 5.77. The van der Waals surface area contributed by atoms with Gasteiger partial charge in [-0.2, -0.15) is 0 Å². The predicted octanol–water partition coefficient (Wildman–Crippen LogP) is 2.53. The second kappa shape index (κ2) is 7.05. The summed E-state index contributed by atoms with van der Waals surface area (Å²) in [6, 6.07) is 2.18. The summed E-state index contributed by atoms with van der Waals surface area (Å²) in [7, 11) is 0. The third-order valence-corrected chi connectivity index (χ3v) is 7.42. The highest BCUT2D eigenvalue weighted by Crippen LogP contribution is 2.46. The van der Waals surface area contributed by atoms with Gasteiger partial charge in [0.25, 0.3) is 5.91 Å². The van der Waals surface area contributed by atoms with Crippen molar-refractivity contribution in [1.29, 1.82) is 0 Å². The molecule has 2 aliphatic heterocycles. The highest BCUT2D eigenvalue weighted by Gasteiger charge is 2.43. The van der Waals surface area contributed by atoms with E-state index in [1.54, 1.807) is 29.1 Å². The topological polar surface area (TPSA) is 120 Å². The van der Waals surface area contributed by atoms with E-state index in [0.717, 1.165) is 29.8 Å². The molecule has 29 heavy (non-hydrogen) atoms. The van der Waals surface area contributed by atoms with Crippen LogP contribution in [0.25, 0.3) is 10.6 Å². The zero-order valence-electron chi connectivity index (χ0n) is 15.6. The van der Waals surface area contributed by atoms with Crippen LogP contribution in [0.3, 0.4) is 0 Å². The highest BCUT2D eigenvalue weighted by molar-refractivity contribution is 7.15. The smallest absolute Gasteiger partial charge is 0.273 e. The van der Waals surface area contributed by atoms with Crippen LogP contribution >= 0.6 is 22.7 Å². The molecule has 0 bridgehead atoms. The molecular weight excluding hydrogens is 408 g/mol. The number of aromatic nitrogens is 3. The molecule has 0 aromatic carbocycles. The molecule has 3 aromatic heterocycles. The van der Waals surface area contributed by atoms with Crippen molar-refractivity contribution in [3.8, 4) is 10.6 Å². The Kier molecular flexibility index (Phi) is 4.49. The molecule has 5 heterocycles. The maximum absolute atomic E-state index is 12.7. The Morgan fingerprint density at radius 3 is 2.72 bits per heavy atom. The van der Waals surface area contributed by atoms with Gasteiger partial charge in [0, 0.05) is 29.8 Å². The fraction of sp³-hybridized carbons (Fsp3) is 0.368. The highest BCUT2D eigenvalue weighted by atomic mass is 32.1. The van der Waals surface area contributed by atoms with Gasteiger partial charge < -0.3 is 21.1 Å². The number of piperidine rings is 1. The van der Waals surface area contributed by atoms with E-state index >= 15 is 0 Å². The van der Waals surface area contributed by atoms with E-state index in [1.165, 1.54) is 21.8 Å². The van der Waals surface area contributed by atoms with Crippen molar-refractivity contribution in [1.82, 2.24) is 19.9 Å². The number of nitrogens with two attached hydrogens (primary N) is 2. The van der Waals surface area contributed by atoms with Crippen LogP contribution in [-0.4, -0.2) is 45.5 Å². The first-order chi connectivity index (χ1) is 14.0. The molecular formula is C19H20N6O2S2. The first-order valence-corrected chi connectivity index (χ1v) is 11.1. The number of amides is 1. The second-order valence-corrected chi connectivity index (χ2v) is 9.26. The maximum Gasteiger partial charge on any atom is 0.273 e. The number of carbonyl (C=O) groups is 1. The van der Waals surface area contributed by atoms with Crippen molar-refractivity contribution >= 4 is 39.5 Å².